The van der Waals surface area contributed by atoms with Gasteiger partial charge in [0.2, 0.25) is 0 Å². The molecular weight excluding hydrogens is 865 g/mol. The van der Waals surface area contributed by atoms with Crippen molar-refractivity contribution in [1.82, 2.24) is 0 Å². The summed E-state index contributed by atoms with van der Waals surface area (Å²) in [5.41, 5.74) is 0. The summed E-state index contributed by atoms with van der Waals surface area (Å²) in [5, 5.41) is 0. The molecule has 1 atom stereocenters. The number of carbonyl (C=O) groups excluding carboxylic acids is 3. The van der Waals surface area contributed by atoms with Gasteiger partial charge in [-0.25, -0.2) is 0 Å². The first-order chi connectivity index (χ1) is 34.5. The molecule has 0 saturated carbocycles. The van der Waals surface area contributed by atoms with Crippen molar-refractivity contribution in [2.45, 2.75) is 264 Å². The topological polar surface area (TPSA) is 78.9 Å². The number of ether oxygens (including phenoxy) is 3. The van der Waals surface area contributed by atoms with Gasteiger partial charge in [0.15, 0.2) is 6.10 Å². The molecule has 0 spiro atoms. The Bertz CT molecular complexity index is 1440. The van der Waals surface area contributed by atoms with Crippen LogP contribution in [0.2, 0.25) is 0 Å². The van der Waals surface area contributed by atoms with E-state index in [-0.39, 0.29) is 31.1 Å². The summed E-state index contributed by atoms with van der Waals surface area (Å²) in [5.74, 6) is -0.952. The predicted molar refractivity (Wildman–Crippen MR) is 302 cm³/mol. The molecule has 0 rings (SSSR count). The molecule has 70 heavy (non-hydrogen) atoms. The second kappa shape index (κ2) is 57.6. The summed E-state index contributed by atoms with van der Waals surface area (Å²) in [7, 11) is 0. The number of hydrogen-bond acceptors (Lipinski definition) is 6. The Kier molecular flexibility index (Phi) is 54.4. The van der Waals surface area contributed by atoms with Crippen LogP contribution in [0.1, 0.15) is 258 Å². The third kappa shape index (κ3) is 55.0. The van der Waals surface area contributed by atoms with Crippen molar-refractivity contribution in [2.75, 3.05) is 13.2 Å². The first-order valence-corrected chi connectivity index (χ1v) is 29.0. The molecule has 1 unspecified atom stereocenters. The number of unbranched alkanes of at least 4 members (excludes halogenated alkanes) is 26. The van der Waals surface area contributed by atoms with Gasteiger partial charge >= 0.3 is 17.9 Å². The Labute approximate surface area is 431 Å². The number of hydrogen-bond donors (Lipinski definition) is 0. The van der Waals surface area contributed by atoms with Gasteiger partial charge in [0.1, 0.15) is 13.2 Å². The number of esters is 3. The molecule has 0 fully saturated rings. The van der Waals surface area contributed by atoms with Gasteiger partial charge in [-0.05, 0) is 103 Å². The zero-order valence-electron chi connectivity index (χ0n) is 45.5. The second-order valence-corrected chi connectivity index (χ2v) is 18.9. The summed E-state index contributed by atoms with van der Waals surface area (Å²) < 4.78 is 16.8. The normalized spacial score (nSPS) is 12.9. The van der Waals surface area contributed by atoms with Gasteiger partial charge in [0, 0.05) is 19.3 Å². The third-order valence-electron chi connectivity index (χ3n) is 12.1. The lowest BCUT2D eigenvalue weighted by atomic mass is 10.1. The molecule has 0 bridgehead atoms. The van der Waals surface area contributed by atoms with Crippen LogP contribution in [-0.2, 0) is 28.6 Å². The summed E-state index contributed by atoms with van der Waals surface area (Å²) in [6, 6.07) is 0. The Balaban J connectivity index is 4.51. The van der Waals surface area contributed by atoms with Gasteiger partial charge in [-0.2, -0.15) is 0 Å². The number of allylic oxidation sites excluding steroid dienone is 18. The van der Waals surface area contributed by atoms with Crippen LogP contribution < -0.4 is 0 Å². The van der Waals surface area contributed by atoms with E-state index in [0.717, 1.165) is 141 Å². The number of rotatable bonds is 51. The predicted octanol–water partition coefficient (Wildman–Crippen LogP) is 19.5. The molecule has 0 aromatic heterocycles. The Hall–Kier alpha value is -3.93. The van der Waals surface area contributed by atoms with Crippen molar-refractivity contribution in [1.29, 1.82) is 0 Å². The first-order valence-electron chi connectivity index (χ1n) is 29.0. The van der Waals surface area contributed by atoms with Crippen LogP contribution in [0.5, 0.6) is 0 Å². The zero-order valence-corrected chi connectivity index (χ0v) is 45.5. The summed E-state index contributed by atoms with van der Waals surface area (Å²) in [4.78, 5) is 38.2. The van der Waals surface area contributed by atoms with Crippen LogP contribution >= 0.6 is 0 Å². The van der Waals surface area contributed by atoms with E-state index in [1.165, 1.54) is 77.0 Å². The van der Waals surface area contributed by atoms with Crippen LogP contribution in [0.3, 0.4) is 0 Å². The minimum atomic E-state index is -0.806. The lowest BCUT2D eigenvalue weighted by Gasteiger charge is -2.18. The van der Waals surface area contributed by atoms with Gasteiger partial charge in [-0.15, -0.1) is 0 Å². The molecule has 6 heteroatoms. The Morgan fingerprint density at radius 1 is 0.314 bits per heavy atom. The van der Waals surface area contributed by atoms with Gasteiger partial charge in [-0.3, -0.25) is 14.4 Å². The maximum Gasteiger partial charge on any atom is 0.306 e. The van der Waals surface area contributed by atoms with E-state index in [1.807, 2.05) is 0 Å². The molecule has 398 valence electrons. The zero-order chi connectivity index (χ0) is 50.7. The van der Waals surface area contributed by atoms with Crippen molar-refractivity contribution >= 4 is 17.9 Å². The highest BCUT2D eigenvalue weighted by atomic mass is 16.6. The minimum Gasteiger partial charge on any atom is -0.462 e. The molecule has 0 heterocycles. The molecule has 0 aliphatic heterocycles. The lowest BCUT2D eigenvalue weighted by molar-refractivity contribution is -0.167. The van der Waals surface area contributed by atoms with E-state index in [9.17, 15) is 14.4 Å². The average Bonchev–Trinajstić information content (AvgIpc) is 3.36. The van der Waals surface area contributed by atoms with Crippen LogP contribution in [0.25, 0.3) is 0 Å². The van der Waals surface area contributed by atoms with Crippen molar-refractivity contribution in [2.24, 2.45) is 0 Å². The highest BCUT2D eigenvalue weighted by Gasteiger charge is 2.19. The van der Waals surface area contributed by atoms with Gasteiger partial charge < -0.3 is 14.2 Å². The van der Waals surface area contributed by atoms with Gasteiger partial charge in [0.05, 0.1) is 0 Å². The molecule has 0 aromatic rings. The van der Waals surface area contributed by atoms with Crippen molar-refractivity contribution < 1.29 is 28.6 Å². The molecule has 0 radical (unpaired) electrons. The highest BCUT2D eigenvalue weighted by Crippen LogP contribution is 2.14. The third-order valence-corrected chi connectivity index (χ3v) is 12.1. The highest BCUT2D eigenvalue weighted by molar-refractivity contribution is 5.71. The molecule has 0 amide bonds. The Morgan fingerprint density at radius 2 is 0.614 bits per heavy atom. The SMILES string of the molecule is CC/C=C\C/C=C\C/C=C\CCCCCCCCC(=O)OCC(COC(=O)CCCCCCC\C=C/C=C\C=C/CCCCCCC)OC(=O)CCCCCCC\C=C/C=C\C=C/CCCCCCC. The minimum absolute atomic E-state index is 0.102. The largest absolute Gasteiger partial charge is 0.462 e. The van der Waals surface area contributed by atoms with Crippen LogP contribution in [0.15, 0.2) is 109 Å². The van der Waals surface area contributed by atoms with Gasteiger partial charge in [0.25, 0.3) is 0 Å². The monoisotopic (exact) mass is 971 g/mol. The maximum absolute atomic E-state index is 12.9. The van der Waals surface area contributed by atoms with Crippen LogP contribution in [0, 0.1) is 0 Å². The van der Waals surface area contributed by atoms with E-state index in [4.69, 9.17) is 14.2 Å². The quantitative estimate of drug-likeness (QED) is 0.0199. The molecule has 0 saturated heterocycles. The standard InChI is InChI=1S/C64H106O6/c1-4-7-10-13-16-19-22-25-28-31-33-36-39-42-45-48-51-54-57-63(66)69-60-61(59-68-62(65)56-53-50-47-44-41-38-35-30-27-24-21-18-15-12-9-6-3)70-64(67)58-55-52-49-46-43-40-37-34-32-29-26-23-20-17-14-11-8-5-2/h9,12,18,21-23,25-34,36-37,61H,4-8,10-11,13-17,19-20,24,35,38-60H2,1-3H3/b12-9-,21-18-,25-22-,26-23-,30-27-,31-28-,32-29-,36-33-,37-34-. The fraction of sp³-hybridized carbons (Fsp3) is 0.672. The smallest absolute Gasteiger partial charge is 0.306 e. The lowest BCUT2D eigenvalue weighted by Crippen LogP contribution is -2.30. The van der Waals surface area contributed by atoms with Crippen molar-refractivity contribution in [3.8, 4) is 0 Å². The van der Waals surface area contributed by atoms with Crippen molar-refractivity contribution in [3.63, 3.8) is 0 Å². The van der Waals surface area contributed by atoms with E-state index in [2.05, 4.69) is 130 Å². The van der Waals surface area contributed by atoms with Crippen molar-refractivity contribution in [3.05, 3.63) is 109 Å². The molecular formula is C64H106O6. The fourth-order valence-corrected chi connectivity index (χ4v) is 7.75. The molecule has 0 aliphatic carbocycles. The fourth-order valence-electron chi connectivity index (χ4n) is 7.75. The molecule has 0 aromatic carbocycles. The molecule has 6 nitrogen and oxygen atoms in total. The molecule has 0 N–H and O–H groups in total. The van der Waals surface area contributed by atoms with E-state index in [0.29, 0.717) is 19.3 Å². The summed E-state index contributed by atoms with van der Waals surface area (Å²) in [6.45, 7) is 6.45. The molecule has 0 aliphatic rings. The van der Waals surface area contributed by atoms with E-state index < -0.39 is 6.10 Å². The second-order valence-electron chi connectivity index (χ2n) is 18.9. The van der Waals surface area contributed by atoms with Crippen LogP contribution in [-0.4, -0.2) is 37.2 Å². The van der Waals surface area contributed by atoms with E-state index >= 15 is 0 Å². The maximum atomic E-state index is 12.9. The number of carbonyl (C=O) groups is 3. The van der Waals surface area contributed by atoms with Crippen LogP contribution in [0.4, 0.5) is 0 Å². The summed E-state index contributed by atoms with van der Waals surface area (Å²) >= 11 is 0. The van der Waals surface area contributed by atoms with Gasteiger partial charge in [-0.1, -0.05) is 246 Å². The average molecular weight is 972 g/mol. The first kappa shape index (κ1) is 66.1. The van der Waals surface area contributed by atoms with E-state index in [1.54, 1.807) is 0 Å². The summed E-state index contributed by atoms with van der Waals surface area (Å²) in [6.07, 6.45) is 77.8. The Morgan fingerprint density at radius 3 is 0.986 bits per heavy atom.